The Morgan fingerprint density at radius 1 is 1.21 bits per heavy atom. The molecule has 2 aromatic rings. The van der Waals surface area contributed by atoms with Crippen molar-refractivity contribution in [2.75, 3.05) is 0 Å². The second-order valence-electron chi connectivity index (χ2n) is 5.42. The fourth-order valence-corrected chi connectivity index (χ4v) is 2.19. The summed E-state index contributed by atoms with van der Waals surface area (Å²) in [7, 11) is 0. The number of fused-ring (bicyclic) bond motifs is 1. The Morgan fingerprint density at radius 3 is 2.79 bits per heavy atom. The van der Waals surface area contributed by atoms with E-state index in [9.17, 15) is 4.79 Å². The molecule has 5 heteroatoms. The molecule has 2 heterocycles. The first-order valence-electron chi connectivity index (χ1n) is 7.07. The second kappa shape index (κ2) is 6.50. The molecule has 0 bridgehead atoms. The maximum absolute atomic E-state index is 12.0. The number of nitrogens with zero attached hydrogens (tertiary/aromatic N) is 4. The minimum absolute atomic E-state index is 0.0535. The van der Waals surface area contributed by atoms with Gasteiger partial charge in [-0.2, -0.15) is 5.10 Å². The Kier molecular flexibility index (Phi) is 4.71. The third-order valence-electron chi connectivity index (χ3n) is 3.32. The number of rotatable bonds is 7. The number of imidazole rings is 1. The summed E-state index contributed by atoms with van der Waals surface area (Å²) >= 11 is 0. The van der Waals surface area contributed by atoms with E-state index in [4.69, 9.17) is 0 Å². The summed E-state index contributed by atoms with van der Waals surface area (Å²) in [5, 5.41) is 4.16. The molecule has 0 aromatic carbocycles. The Hall–Kier alpha value is -1.65. The van der Waals surface area contributed by atoms with Gasteiger partial charge in [0.25, 0.3) is 5.56 Å². The van der Waals surface area contributed by atoms with Crippen LogP contribution in [0.4, 0.5) is 0 Å². The number of unbranched alkanes of at least 4 members (excludes halogenated alkanes) is 3. The molecule has 104 valence electrons. The first-order valence-corrected chi connectivity index (χ1v) is 7.07. The molecule has 0 radical (unpaired) electrons. The van der Waals surface area contributed by atoms with Gasteiger partial charge in [0, 0.05) is 18.9 Å². The predicted molar refractivity (Wildman–Crippen MR) is 75.2 cm³/mol. The van der Waals surface area contributed by atoms with E-state index in [0.29, 0.717) is 5.65 Å². The average Bonchev–Trinajstić information content (AvgIpc) is 2.84. The summed E-state index contributed by atoms with van der Waals surface area (Å²) in [5.41, 5.74) is 0.351. The van der Waals surface area contributed by atoms with Gasteiger partial charge in [-0.1, -0.05) is 39.5 Å². The van der Waals surface area contributed by atoms with E-state index in [1.54, 1.807) is 23.3 Å². The van der Waals surface area contributed by atoms with Gasteiger partial charge in [-0.3, -0.25) is 9.36 Å². The Labute approximate surface area is 113 Å². The van der Waals surface area contributed by atoms with Crippen LogP contribution in [0.1, 0.15) is 46.0 Å². The van der Waals surface area contributed by atoms with Crippen molar-refractivity contribution in [3.8, 4) is 0 Å². The third-order valence-corrected chi connectivity index (χ3v) is 3.32. The summed E-state index contributed by atoms with van der Waals surface area (Å²) in [5.74, 6) is 0.787. The Morgan fingerprint density at radius 2 is 2.00 bits per heavy atom. The molecule has 0 amide bonds. The largest absolute Gasteiger partial charge is 0.296 e. The molecule has 0 N–H and O–H groups in total. The van der Waals surface area contributed by atoms with Crippen LogP contribution in [0, 0.1) is 5.92 Å². The van der Waals surface area contributed by atoms with Crippen LogP contribution in [0.2, 0.25) is 0 Å². The minimum atomic E-state index is -0.0535. The van der Waals surface area contributed by atoms with Gasteiger partial charge in [-0.15, -0.1) is 0 Å². The van der Waals surface area contributed by atoms with Gasteiger partial charge in [-0.05, 0) is 12.3 Å². The predicted octanol–water partition coefficient (Wildman–Crippen LogP) is 2.50. The van der Waals surface area contributed by atoms with Crippen molar-refractivity contribution >= 4 is 5.65 Å². The molecule has 0 saturated heterocycles. The average molecular weight is 262 g/mol. The van der Waals surface area contributed by atoms with Crippen LogP contribution < -0.4 is 5.56 Å². The van der Waals surface area contributed by atoms with E-state index < -0.39 is 0 Å². The zero-order valence-electron chi connectivity index (χ0n) is 11.7. The smallest absolute Gasteiger partial charge is 0.295 e. The highest BCUT2D eigenvalue weighted by Gasteiger charge is 2.04. The number of hydrogen-bond donors (Lipinski definition) is 0. The molecule has 5 nitrogen and oxygen atoms in total. The molecule has 0 aliphatic rings. The lowest BCUT2D eigenvalue weighted by Gasteiger charge is -2.06. The summed E-state index contributed by atoms with van der Waals surface area (Å²) < 4.78 is 3.17. The quantitative estimate of drug-likeness (QED) is 0.720. The van der Waals surface area contributed by atoms with Crippen LogP contribution >= 0.6 is 0 Å². The molecule has 0 aliphatic carbocycles. The number of aryl methyl sites for hydroxylation is 1. The zero-order chi connectivity index (χ0) is 13.7. The van der Waals surface area contributed by atoms with E-state index in [1.165, 1.54) is 30.2 Å². The lowest BCUT2D eigenvalue weighted by Crippen LogP contribution is -2.23. The summed E-state index contributed by atoms with van der Waals surface area (Å²) in [4.78, 5) is 16.1. The monoisotopic (exact) mass is 262 g/mol. The molecular formula is C14H22N4O. The van der Waals surface area contributed by atoms with Gasteiger partial charge in [0.2, 0.25) is 5.65 Å². The van der Waals surface area contributed by atoms with E-state index in [0.717, 1.165) is 18.9 Å². The van der Waals surface area contributed by atoms with Crippen molar-refractivity contribution in [3.63, 3.8) is 0 Å². The molecule has 0 spiro atoms. The van der Waals surface area contributed by atoms with Crippen molar-refractivity contribution in [2.24, 2.45) is 5.92 Å². The highest BCUT2D eigenvalue weighted by Crippen LogP contribution is 2.09. The standard InChI is InChI=1S/C14H22N4O/c1-12(2)7-5-3-4-6-9-17-11-16-18-10-8-15-13(18)14(17)19/h8,10-12H,3-7,9H2,1-2H3. The van der Waals surface area contributed by atoms with Crippen molar-refractivity contribution in [2.45, 2.75) is 52.5 Å². The van der Waals surface area contributed by atoms with Crippen LogP contribution in [0.5, 0.6) is 0 Å². The zero-order valence-corrected chi connectivity index (χ0v) is 11.7. The van der Waals surface area contributed by atoms with Crippen LogP contribution in [0.3, 0.4) is 0 Å². The van der Waals surface area contributed by atoms with Gasteiger partial charge in [-0.25, -0.2) is 9.50 Å². The highest BCUT2D eigenvalue weighted by molar-refractivity contribution is 5.32. The van der Waals surface area contributed by atoms with Crippen LogP contribution in [0.25, 0.3) is 5.65 Å². The van der Waals surface area contributed by atoms with Gasteiger partial charge in [0.05, 0.1) is 0 Å². The van der Waals surface area contributed by atoms with Crippen LogP contribution in [0.15, 0.2) is 23.5 Å². The number of aromatic nitrogens is 4. The van der Waals surface area contributed by atoms with Gasteiger partial charge >= 0.3 is 0 Å². The Bertz CT molecular complexity index is 570. The van der Waals surface area contributed by atoms with Crippen LogP contribution in [-0.2, 0) is 6.54 Å². The van der Waals surface area contributed by atoms with Crippen molar-refractivity contribution in [1.29, 1.82) is 0 Å². The first-order chi connectivity index (χ1) is 9.18. The molecule has 2 rings (SSSR count). The highest BCUT2D eigenvalue weighted by atomic mass is 16.1. The molecule has 2 aromatic heterocycles. The third kappa shape index (κ3) is 3.66. The summed E-state index contributed by atoms with van der Waals surface area (Å²) in [6.45, 7) is 5.24. The topological polar surface area (TPSA) is 52.2 Å². The molecular weight excluding hydrogens is 240 g/mol. The first kappa shape index (κ1) is 13.8. The van der Waals surface area contributed by atoms with Crippen molar-refractivity contribution in [3.05, 3.63) is 29.1 Å². The van der Waals surface area contributed by atoms with Gasteiger partial charge in [0.1, 0.15) is 6.33 Å². The molecule has 0 fully saturated rings. The van der Waals surface area contributed by atoms with E-state index in [-0.39, 0.29) is 5.56 Å². The SMILES string of the molecule is CC(C)CCCCCCn1cnn2ccnc2c1=O. The van der Waals surface area contributed by atoms with Crippen LogP contribution in [-0.4, -0.2) is 19.2 Å². The van der Waals surface area contributed by atoms with E-state index >= 15 is 0 Å². The van der Waals surface area contributed by atoms with Crippen molar-refractivity contribution in [1.82, 2.24) is 19.2 Å². The molecule has 0 saturated carbocycles. The summed E-state index contributed by atoms with van der Waals surface area (Å²) in [6, 6.07) is 0. The normalized spacial score (nSPS) is 11.5. The molecule has 0 atom stereocenters. The lowest BCUT2D eigenvalue weighted by atomic mass is 10.0. The molecule has 0 aliphatic heterocycles. The van der Waals surface area contributed by atoms with E-state index in [2.05, 4.69) is 23.9 Å². The minimum Gasteiger partial charge on any atom is -0.295 e. The summed E-state index contributed by atoms with van der Waals surface area (Å²) in [6.07, 6.45) is 10.9. The maximum Gasteiger partial charge on any atom is 0.296 e. The van der Waals surface area contributed by atoms with E-state index in [1.807, 2.05) is 0 Å². The Balaban J connectivity index is 1.81. The fraction of sp³-hybridized carbons (Fsp3) is 0.643. The second-order valence-corrected chi connectivity index (χ2v) is 5.42. The van der Waals surface area contributed by atoms with Gasteiger partial charge in [0.15, 0.2) is 0 Å². The number of hydrogen-bond acceptors (Lipinski definition) is 3. The molecule has 0 unspecified atom stereocenters. The van der Waals surface area contributed by atoms with Crippen molar-refractivity contribution < 1.29 is 0 Å². The van der Waals surface area contributed by atoms with Gasteiger partial charge < -0.3 is 0 Å². The fourth-order valence-electron chi connectivity index (χ4n) is 2.19. The lowest BCUT2D eigenvalue weighted by molar-refractivity contribution is 0.500. The maximum atomic E-state index is 12.0. The molecule has 19 heavy (non-hydrogen) atoms.